The maximum Gasteiger partial charge on any atom is 0.523 e. The highest BCUT2D eigenvalue weighted by molar-refractivity contribution is 7.87. The van der Waals surface area contributed by atoms with Crippen molar-refractivity contribution >= 4 is 49.7 Å². The molecular weight excluding hydrogens is 906 g/mol. The number of fused-ring (bicyclic) bond motifs is 2. The molecule has 2 aromatic heterocycles. The number of piperazine rings is 2. The highest BCUT2D eigenvalue weighted by Crippen LogP contribution is 2.31. The molecule has 5 aromatic rings. The molecule has 1 amide bonds. The van der Waals surface area contributed by atoms with Crippen LogP contribution in [0.25, 0.3) is 22.1 Å². The van der Waals surface area contributed by atoms with Crippen molar-refractivity contribution in [2.75, 3.05) is 101 Å². The third-order valence-corrected chi connectivity index (χ3v) is 12.9. The molecule has 68 heavy (non-hydrogen) atoms. The van der Waals surface area contributed by atoms with E-state index in [2.05, 4.69) is 70.5 Å². The Morgan fingerprint density at radius 1 is 0.691 bits per heavy atom. The number of nitrogens with zero attached hydrogens (tertiary/aromatic N) is 8. The smallest absolute Gasteiger partial charge is 0.445 e. The summed E-state index contributed by atoms with van der Waals surface area (Å²) in [7, 11) is -5.66. The highest BCUT2D eigenvalue weighted by atomic mass is 32.2. The van der Waals surface area contributed by atoms with E-state index in [1.807, 2.05) is 54.3 Å². The van der Waals surface area contributed by atoms with E-state index in [1.54, 1.807) is 36.6 Å². The number of amides is 1. The number of rotatable bonds is 9. The summed E-state index contributed by atoms with van der Waals surface area (Å²) in [6, 6.07) is 17.8. The Hall–Kier alpha value is -5.29. The van der Waals surface area contributed by atoms with Gasteiger partial charge in [0.1, 0.15) is 23.7 Å². The van der Waals surface area contributed by atoms with Crippen molar-refractivity contribution in [1.29, 1.82) is 0 Å². The van der Waals surface area contributed by atoms with Crippen LogP contribution in [0.5, 0.6) is 0 Å². The zero-order valence-corrected chi connectivity index (χ0v) is 39.7. The molecule has 6 heterocycles. The summed E-state index contributed by atoms with van der Waals surface area (Å²) in [5, 5.41) is 6.61. The van der Waals surface area contributed by atoms with Gasteiger partial charge in [0.15, 0.2) is 0 Å². The maximum atomic E-state index is 12.4. The highest BCUT2D eigenvalue weighted by Gasteiger charge is 2.48. The monoisotopic (exact) mass is 966 g/mol. The first-order chi connectivity index (χ1) is 32.6. The second-order valence-electron chi connectivity index (χ2n) is 17.3. The summed E-state index contributed by atoms with van der Waals surface area (Å²) in [5.74, 6) is 0. The number of hydrogen-bond donors (Lipinski definition) is 2. The number of ether oxygens (including phenoxy) is 3. The molecular formula is C47H61F3N10O7S. The zero-order valence-electron chi connectivity index (χ0n) is 38.9. The lowest BCUT2D eigenvalue weighted by atomic mass is 10.1. The Morgan fingerprint density at radius 3 is 1.71 bits per heavy atom. The number of benzene rings is 3. The van der Waals surface area contributed by atoms with Crippen molar-refractivity contribution in [2.24, 2.45) is 0 Å². The number of halogens is 3. The summed E-state index contributed by atoms with van der Waals surface area (Å²) in [6.45, 7) is 18.5. The van der Waals surface area contributed by atoms with Gasteiger partial charge in [-0.05, 0) is 56.5 Å². The van der Waals surface area contributed by atoms with E-state index in [-0.39, 0.29) is 30.9 Å². The first-order valence-corrected chi connectivity index (χ1v) is 24.3. The van der Waals surface area contributed by atoms with Crippen molar-refractivity contribution in [3.8, 4) is 0 Å². The third-order valence-electron chi connectivity index (χ3n) is 11.9. The van der Waals surface area contributed by atoms with Gasteiger partial charge in [-0.25, -0.2) is 4.79 Å². The van der Waals surface area contributed by atoms with Crippen LogP contribution in [-0.2, 0) is 35.1 Å². The van der Waals surface area contributed by atoms with Gasteiger partial charge in [-0.15, -0.1) is 0 Å². The molecule has 0 saturated carbocycles. The molecule has 0 spiro atoms. The number of aromatic nitrogens is 4. The Labute approximate surface area is 395 Å². The Kier molecular flexibility index (Phi) is 17.4. The molecule has 0 bridgehead atoms. The number of anilines is 2. The van der Waals surface area contributed by atoms with E-state index >= 15 is 0 Å². The predicted molar refractivity (Wildman–Crippen MR) is 253 cm³/mol. The summed E-state index contributed by atoms with van der Waals surface area (Å²) in [4.78, 5) is 38.0. The van der Waals surface area contributed by atoms with E-state index in [4.69, 9.17) is 14.2 Å². The summed E-state index contributed by atoms with van der Waals surface area (Å²) in [5.41, 5.74) is 2.98. The third kappa shape index (κ3) is 13.5. The second-order valence-corrected chi connectivity index (χ2v) is 18.9. The topological polar surface area (TPSA) is 177 Å². The molecule has 2 N–H and O–H groups in total. The van der Waals surface area contributed by atoms with Crippen LogP contribution in [0.4, 0.5) is 29.3 Å². The Bertz CT molecular complexity index is 2540. The number of hydrogen-bond acceptors (Lipinski definition) is 16. The second kappa shape index (κ2) is 23.3. The van der Waals surface area contributed by atoms with Gasteiger partial charge >= 0.3 is 21.7 Å². The number of morpholine rings is 2. The Morgan fingerprint density at radius 2 is 1.18 bits per heavy atom. The molecule has 0 unspecified atom stereocenters. The molecule has 17 nitrogen and oxygen atoms in total. The fourth-order valence-corrected chi connectivity index (χ4v) is 9.08. The van der Waals surface area contributed by atoms with Crippen LogP contribution in [0.1, 0.15) is 30.5 Å². The minimum absolute atomic E-state index is 0.159. The number of nitrogens with one attached hydrogen (secondary N) is 2. The van der Waals surface area contributed by atoms with Gasteiger partial charge in [0, 0.05) is 110 Å². The summed E-state index contributed by atoms with van der Waals surface area (Å²) >= 11 is 0. The van der Waals surface area contributed by atoms with Gasteiger partial charge in [-0.2, -0.15) is 21.6 Å². The molecule has 4 atom stereocenters. The quantitative estimate of drug-likeness (QED) is 0.148. The van der Waals surface area contributed by atoms with Crippen LogP contribution in [0.15, 0.2) is 79.4 Å². The van der Waals surface area contributed by atoms with Crippen molar-refractivity contribution in [3.63, 3.8) is 0 Å². The first-order valence-electron chi connectivity index (χ1n) is 22.9. The van der Waals surface area contributed by atoms with E-state index in [0.717, 1.165) is 105 Å². The fourth-order valence-electron chi connectivity index (χ4n) is 8.61. The van der Waals surface area contributed by atoms with Crippen LogP contribution < -0.4 is 20.4 Å². The van der Waals surface area contributed by atoms with Crippen molar-refractivity contribution < 1.29 is 44.8 Å². The molecule has 4 saturated heterocycles. The molecule has 0 aliphatic carbocycles. The van der Waals surface area contributed by atoms with Crippen molar-refractivity contribution in [2.45, 2.75) is 64.2 Å². The van der Waals surface area contributed by atoms with E-state index < -0.39 is 28.3 Å². The number of alkyl halides is 3. The van der Waals surface area contributed by atoms with Gasteiger partial charge in [-0.3, -0.25) is 29.0 Å². The number of aryl methyl sites for hydroxylation is 2. The molecule has 368 valence electrons. The predicted octanol–water partition coefficient (Wildman–Crippen LogP) is 5.06. The average molecular weight is 967 g/mol. The molecule has 4 fully saturated rings. The van der Waals surface area contributed by atoms with Gasteiger partial charge in [0.2, 0.25) is 0 Å². The van der Waals surface area contributed by atoms with Crippen LogP contribution in [0, 0.1) is 13.8 Å². The minimum Gasteiger partial charge on any atom is -0.445 e. The largest absolute Gasteiger partial charge is 0.523 e. The number of carbonyl (C=O) groups is 1. The lowest BCUT2D eigenvalue weighted by Gasteiger charge is -2.41. The van der Waals surface area contributed by atoms with E-state index in [0.29, 0.717) is 18.7 Å². The summed E-state index contributed by atoms with van der Waals surface area (Å²) in [6.07, 6.45) is 5.75. The van der Waals surface area contributed by atoms with E-state index in [1.165, 1.54) is 11.3 Å². The SMILES string of the molecule is Cc1ccc(N2C[C@H](CN3CCNCC3)O[C@H](C)C2)c2nccnc12.Cc1ccc(N2C[C@H](COS(=O)(=O)C(F)(F)F)O[C@H](C)C2)c2nccnc12.O=C(OCc1ccccc1)N1CCNCC1. The lowest BCUT2D eigenvalue weighted by Crippen LogP contribution is -2.53. The molecule has 4 aliphatic heterocycles. The molecule has 0 radical (unpaired) electrons. The average Bonchev–Trinajstić information content (AvgIpc) is 3.34. The lowest BCUT2D eigenvalue weighted by molar-refractivity contribution is -0.0656. The summed E-state index contributed by atoms with van der Waals surface area (Å²) < 4.78 is 80.7. The van der Waals surface area contributed by atoms with Crippen LogP contribution in [0.3, 0.4) is 0 Å². The maximum absolute atomic E-state index is 12.4. The van der Waals surface area contributed by atoms with Crippen molar-refractivity contribution in [1.82, 2.24) is 40.4 Å². The molecule has 21 heteroatoms. The van der Waals surface area contributed by atoms with Gasteiger partial charge < -0.3 is 39.5 Å². The normalized spacial score (nSPS) is 21.7. The van der Waals surface area contributed by atoms with Crippen LogP contribution in [-0.4, -0.2) is 166 Å². The van der Waals surface area contributed by atoms with E-state index in [9.17, 15) is 26.4 Å². The van der Waals surface area contributed by atoms with Crippen LogP contribution >= 0.6 is 0 Å². The Balaban J connectivity index is 0.000000156. The molecule has 4 aliphatic rings. The van der Waals surface area contributed by atoms with Crippen LogP contribution in [0.2, 0.25) is 0 Å². The zero-order chi connectivity index (χ0) is 48.3. The molecule has 3 aromatic carbocycles. The first kappa shape index (κ1) is 50.6. The standard InChI is InChI=1S/C19H27N5O.C16H18F3N3O4S.C12H16N2O2/c1-14-3-4-17(19-18(14)21-5-6-22-19)24-11-15(2)25-16(13-24)12-23-9-7-20-8-10-23;1-10-3-4-13(15-14(10)20-5-6-21-15)22-7-11(2)26-12(8-22)9-25-27(23,24)16(17,18)19;15-12(14-8-6-13-7-9-14)16-10-11-4-2-1-3-5-11/h3-6,15-16,20H,7-13H2,1-2H3;3-6,11-12H,7-9H2,1-2H3;1-5,13H,6-10H2/t15-,16+;11-,12-;/m11./s1. The van der Waals surface area contributed by atoms with Gasteiger partial charge in [0.05, 0.1) is 47.3 Å². The van der Waals surface area contributed by atoms with Gasteiger partial charge in [0.25, 0.3) is 0 Å². The van der Waals surface area contributed by atoms with Crippen molar-refractivity contribution in [3.05, 3.63) is 96.1 Å². The minimum atomic E-state index is -5.66. The number of carbonyl (C=O) groups excluding carboxylic acids is 1. The molecule has 9 rings (SSSR count). The van der Waals surface area contributed by atoms with Gasteiger partial charge in [-0.1, -0.05) is 42.5 Å². The fraction of sp³-hybridized carbons (Fsp3) is 0.511.